The van der Waals surface area contributed by atoms with Gasteiger partial charge in [0.2, 0.25) is 5.91 Å². The van der Waals surface area contributed by atoms with E-state index in [1.807, 2.05) is 31.2 Å². The zero-order chi connectivity index (χ0) is 15.7. The molecule has 0 aliphatic heterocycles. The van der Waals surface area contributed by atoms with E-state index in [2.05, 4.69) is 21.2 Å². The van der Waals surface area contributed by atoms with E-state index in [0.29, 0.717) is 25.9 Å². The Morgan fingerprint density at radius 1 is 1.33 bits per heavy atom. The van der Waals surface area contributed by atoms with Crippen LogP contribution in [0.3, 0.4) is 0 Å². The van der Waals surface area contributed by atoms with Crippen molar-refractivity contribution in [3.63, 3.8) is 0 Å². The van der Waals surface area contributed by atoms with Gasteiger partial charge in [-0.25, -0.2) is 4.79 Å². The van der Waals surface area contributed by atoms with Gasteiger partial charge < -0.3 is 15.2 Å². The molecule has 1 amide bonds. The van der Waals surface area contributed by atoms with Crippen LogP contribution in [0.25, 0.3) is 0 Å². The summed E-state index contributed by atoms with van der Waals surface area (Å²) >= 11 is 3.34. The lowest BCUT2D eigenvalue weighted by molar-refractivity contribution is -0.142. The molecule has 0 radical (unpaired) electrons. The molecule has 6 heteroatoms. The minimum absolute atomic E-state index is 0.254. The smallest absolute Gasteiger partial charge is 0.326 e. The Hall–Kier alpha value is -1.56. The van der Waals surface area contributed by atoms with Crippen LogP contribution in [0.2, 0.25) is 0 Å². The van der Waals surface area contributed by atoms with Crippen LogP contribution in [0.1, 0.15) is 32.6 Å². The first kappa shape index (κ1) is 17.5. The summed E-state index contributed by atoms with van der Waals surface area (Å²) < 4.78 is 6.47. The Morgan fingerprint density at radius 3 is 2.57 bits per heavy atom. The highest BCUT2D eigenvalue weighted by atomic mass is 79.9. The number of ether oxygens (including phenoxy) is 1. The van der Waals surface area contributed by atoms with Crippen molar-refractivity contribution in [2.75, 3.05) is 6.61 Å². The molecule has 0 unspecified atom stereocenters. The maximum absolute atomic E-state index is 11.7. The first-order valence-corrected chi connectivity index (χ1v) is 7.72. The summed E-state index contributed by atoms with van der Waals surface area (Å²) in [6, 6.07) is 6.64. The topological polar surface area (TPSA) is 75.6 Å². The zero-order valence-electron chi connectivity index (χ0n) is 12.0. The normalized spacial score (nSPS) is 11.7. The molecule has 0 bridgehead atoms. The van der Waals surface area contributed by atoms with Crippen molar-refractivity contribution in [3.8, 4) is 5.75 Å². The van der Waals surface area contributed by atoms with Crippen LogP contribution in [0, 0.1) is 0 Å². The number of rotatable bonds is 9. The van der Waals surface area contributed by atoms with Crippen molar-refractivity contribution in [1.29, 1.82) is 0 Å². The van der Waals surface area contributed by atoms with Crippen molar-refractivity contribution in [1.82, 2.24) is 5.32 Å². The molecule has 0 fully saturated rings. The quantitative estimate of drug-likeness (QED) is 0.666. The molecule has 0 aromatic heterocycles. The summed E-state index contributed by atoms with van der Waals surface area (Å²) in [4.78, 5) is 22.6. The average molecular weight is 358 g/mol. The van der Waals surface area contributed by atoms with Gasteiger partial charge in [-0.3, -0.25) is 4.79 Å². The lowest BCUT2D eigenvalue weighted by Gasteiger charge is -2.13. The molecule has 0 saturated carbocycles. The molecular weight excluding hydrogens is 338 g/mol. The third kappa shape index (κ3) is 7.13. The molecule has 5 nitrogen and oxygen atoms in total. The predicted molar refractivity (Wildman–Crippen MR) is 83.3 cm³/mol. The number of carbonyl (C=O) groups excluding carboxylic acids is 1. The number of nitrogens with one attached hydrogen (secondary N) is 1. The zero-order valence-corrected chi connectivity index (χ0v) is 13.6. The summed E-state index contributed by atoms with van der Waals surface area (Å²) in [5.41, 5.74) is 0. The first-order chi connectivity index (χ1) is 10.0. The fraction of sp³-hybridized carbons (Fsp3) is 0.467. The molecule has 1 aromatic carbocycles. The largest absolute Gasteiger partial charge is 0.494 e. The Bertz CT molecular complexity index is 461. The van der Waals surface area contributed by atoms with Gasteiger partial charge in [0.05, 0.1) is 6.61 Å². The Labute approximate surface area is 132 Å². The van der Waals surface area contributed by atoms with Crippen LogP contribution in [0.5, 0.6) is 5.75 Å². The number of aliphatic carboxylic acids is 1. The number of benzene rings is 1. The minimum Gasteiger partial charge on any atom is -0.494 e. The van der Waals surface area contributed by atoms with Gasteiger partial charge >= 0.3 is 5.97 Å². The number of amides is 1. The molecule has 1 rings (SSSR count). The van der Waals surface area contributed by atoms with E-state index in [1.165, 1.54) is 0 Å². The van der Waals surface area contributed by atoms with E-state index in [4.69, 9.17) is 9.84 Å². The van der Waals surface area contributed by atoms with Gasteiger partial charge in [0.1, 0.15) is 11.8 Å². The van der Waals surface area contributed by atoms with Crippen LogP contribution in [-0.2, 0) is 9.59 Å². The van der Waals surface area contributed by atoms with Crippen LogP contribution in [-0.4, -0.2) is 29.6 Å². The number of hydrogen-bond acceptors (Lipinski definition) is 3. The van der Waals surface area contributed by atoms with Crippen molar-refractivity contribution in [2.24, 2.45) is 0 Å². The number of hydrogen-bond donors (Lipinski definition) is 2. The SMILES string of the molecule is CCC[C@H](NC(=O)CCCOc1ccc(Br)cc1)C(=O)O. The molecule has 0 saturated heterocycles. The summed E-state index contributed by atoms with van der Waals surface area (Å²) in [7, 11) is 0. The van der Waals surface area contributed by atoms with Crippen molar-refractivity contribution in [2.45, 2.75) is 38.6 Å². The maximum Gasteiger partial charge on any atom is 0.326 e. The monoisotopic (exact) mass is 357 g/mol. The fourth-order valence-corrected chi connectivity index (χ4v) is 2.03. The van der Waals surface area contributed by atoms with Gasteiger partial charge in [-0.05, 0) is 37.1 Å². The molecule has 0 heterocycles. The van der Waals surface area contributed by atoms with Crippen LogP contribution in [0.15, 0.2) is 28.7 Å². The summed E-state index contributed by atoms with van der Waals surface area (Å²) in [5.74, 6) is -0.500. The molecule has 1 atom stereocenters. The summed E-state index contributed by atoms with van der Waals surface area (Å²) in [6.07, 6.45) is 1.95. The minimum atomic E-state index is -0.990. The third-order valence-electron chi connectivity index (χ3n) is 2.84. The van der Waals surface area contributed by atoms with E-state index < -0.39 is 12.0 Å². The molecular formula is C15H20BrNO4. The standard InChI is InChI=1S/C15H20BrNO4/c1-2-4-13(15(19)20)17-14(18)5-3-10-21-12-8-6-11(16)7-9-12/h6-9,13H,2-5,10H2,1H3,(H,17,18)(H,19,20)/t13-/m0/s1. The van der Waals surface area contributed by atoms with Crippen LogP contribution in [0.4, 0.5) is 0 Å². The van der Waals surface area contributed by atoms with Gasteiger partial charge in [-0.15, -0.1) is 0 Å². The van der Waals surface area contributed by atoms with Gasteiger partial charge in [0, 0.05) is 10.9 Å². The number of carboxylic acids is 1. The van der Waals surface area contributed by atoms with E-state index in [9.17, 15) is 9.59 Å². The van der Waals surface area contributed by atoms with Crippen LogP contribution < -0.4 is 10.1 Å². The third-order valence-corrected chi connectivity index (χ3v) is 3.37. The van der Waals surface area contributed by atoms with Crippen molar-refractivity contribution in [3.05, 3.63) is 28.7 Å². The molecule has 21 heavy (non-hydrogen) atoms. The Balaban J connectivity index is 2.23. The fourth-order valence-electron chi connectivity index (χ4n) is 1.77. The molecule has 1 aromatic rings. The predicted octanol–water partition coefficient (Wildman–Crippen LogP) is 2.98. The summed E-state index contributed by atoms with van der Waals surface area (Å²) in [5, 5.41) is 11.5. The highest BCUT2D eigenvalue weighted by Gasteiger charge is 2.18. The molecule has 0 spiro atoms. The van der Waals surface area contributed by atoms with E-state index >= 15 is 0 Å². The number of carbonyl (C=O) groups is 2. The molecule has 2 N–H and O–H groups in total. The lowest BCUT2D eigenvalue weighted by Crippen LogP contribution is -2.40. The maximum atomic E-state index is 11.7. The van der Waals surface area contributed by atoms with Crippen molar-refractivity contribution >= 4 is 27.8 Å². The number of halogens is 1. The van der Waals surface area contributed by atoms with Crippen LogP contribution >= 0.6 is 15.9 Å². The van der Waals surface area contributed by atoms with Gasteiger partial charge in [-0.2, -0.15) is 0 Å². The lowest BCUT2D eigenvalue weighted by atomic mass is 10.1. The van der Waals surface area contributed by atoms with E-state index in [1.54, 1.807) is 0 Å². The molecule has 0 aliphatic carbocycles. The Morgan fingerprint density at radius 2 is 2.00 bits per heavy atom. The first-order valence-electron chi connectivity index (χ1n) is 6.93. The van der Waals surface area contributed by atoms with Crippen molar-refractivity contribution < 1.29 is 19.4 Å². The second-order valence-electron chi connectivity index (χ2n) is 4.65. The highest BCUT2D eigenvalue weighted by Crippen LogP contribution is 2.16. The second kappa shape index (κ2) is 9.39. The number of carboxylic acid groups (broad SMARTS) is 1. The molecule has 116 valence electrons. The van der Waals surface area contributed by atoms with Gasteiger partial charge in [0.25, 0.3) is 0 Å². The van der Waals surface area contributed by atoms with E-state index in [0.717, 1.165) is 10.2 Å². The molecule has 0 aliphatic rings. The van der Waals surface area contributed by atoms with E-state index in [-0.39, 0.29) is 12.3 Å². The van der Waals surface area contributed by atoms with Gasteiger partial charge in [0.15, 0.2) is 0 Å². The second-order valence-corrected chi connectivity index (χ2v) is 5.57. The summed E-state index contributed by atoms with van der Waals surface area (Å²) in [6.45, 7) is 2.30. The highest BCUT2D eigenvalue weighted by molar-refractivity contribution is 9.10. The van der Waals surface area contributed by atoms with Gasteiger partial charge in [-0.1, -0.05) is 29.3 Å². The Kier molecular flexibility index (Phi) is 7.82. The average Bonchev–Trinajstić information content (AvgIpc) is 2.45.